The summed E-state index contributed by atoms with van der Waals surface area (Å²) in [5.74, 6) is 0.310. The fourth-order valence-corrected chi connectivity index (χ4v) is 4.55. The van der Waals surface area contributed by atoms with Gasteiger partial charge in [-0.05, 0) is 35.6 Å². The summed E-state index contributed by atoms with van der Waals surface area (Å²) in [7, 11) is 0. The van der Waals surface area contributed by atoms with Gasteiger partial charge in [-0.1, -0.05) is 48.2 Å². The number of urea groups is 1. The predicted molar refractivity (Wildman–Crippen MR) is 129 cm³/mol. The van der Waals surface area contributed by atoms with Crippen LogP contribution in [-0.2, 0) is 17.8 Å². The number of pyridine rings is 1. The van der Waals surface area contributed by atoms with Crippen LogP contribution in [0.4, 0.5) is 4.79 Å². The molecule has 0 bridgehead atoms. The SMILES string of the molecule is O=C(CSc1nnc(-c2cccnc2)n1Cc1ccccc1)NC(=O)NCCc1cccs1. The molecule has 4 rings (SSSR count). The zero-order valence-corrected chi connectivity index (χ0v) is 19.3. The first kappa shape index (κ1) is 22.7. The van der Waals surface area contributed by atoms with E-state index in [0.29, 0.717) is 24.1 Å². The zero-order valence-electron chi connectivity index (χ0n) is 17.7. The molecule has 0 radical (unpaired) electrons. The van der Waals surface area contributed by atoms with Gasteiger partial charge in [0, 0.05) is 29.4 Å². The van der Waals surface area contributed by atoms with E-state index in [4.69, 9.17) is 0 Å². The largest absolute Gasteiger partial charge is 0.337 e. The van der Waals surface area contributed by atoms with Crippen molar-refractivity contribution in [3.63, 3.8) is 0 Å². The molecular formula is C23H22N6O2S2. The van der Waals surface area contributed by atoms with Crippen LogP contribution in [0.1, 0.15) is 10.4 Å². The molecule has 10 heteroatoms. The van der Waals surface area contributed by atoms with Crippen LogP contribution < -0.4 is 10.6 Å². The Labute approximate surface area is 199 Å². The van der Waals surface area contributed by atoms with Crippen molar-refractivity contribution in [2.45, 2.75) is 18.1 Å². The number of amides is 3. The third-order valence-electron chi connectivity index (χ3n) is 4.64. The van der Waals surface area contributed by atoms with Gasteiger partial charge in [-0.3, -0.25) is 19.7 Å². The highest BCUT2D eigenvalue weighted by atomic mass is 32.2. The fourth-order valence-electron chi connectivity index (χ4n) is 3.10. The number of thioether (sulfide) groups is 1. The van der Waals surface area contributed by atoms with Crippen molar-refractivity contribution in [1.82, 2.24) is 30.4 Å². The minimum atomic E-state index is -0.501. The number of carbonyl (C=O) groups is 2. The standard InChI is InChI=1S/C23H22N6O2S2/c30-20(26-22(31)25-12-10-19-9-5-13-32-19)16-33-23-28-27-21(18-8-4-11-24-14-18)29(23)15-17-6-2-1-3-7-17/h1-9,11,13-14H,10,12,15-16H2,(H2,25,26,30,31). The van der Waals surface area contributed by atoms with E-state index in [0.717, 1.165) is 17.5 Å². The summed E-state index contributed by atoms with van der Waals surface area (Å²) in [4.78, 5) is 29.7. The van der Waals surface area contributed by atoms with Gasteiger partial charge in [0.05, 0.1) is 12.3 Å². The molecule has 3 heterocycles. The van der Waals surface area contributed by atoms with E-state index in [9.17, 15) is 9.59 Å². The topological polar surface area (TPSA) is 102 Å². The van der Waals surface area contributed by atoms with Gasteiger partial charge in [0.15, 0.2) is 11.0 Å². The molecule has 0 saturated heterocycles. The Morgan fingerprint density at radius 2 is 1.91 bits per heavy atom. The second-order valence-electron chi connectivity index (χ2n) is 7.04. The van der Waals surface area contributed by atoms with Gasteiger partial charge in [0.2, 0.25) is 5.91 Å². The normalized spacial score (nSPS) is 10.7. The molecule has 0 spiro atoms. The monoisotopic (exact) mass is 478 g/mol. The van der Waals surface area contributed by atoms with Crippen LogP contribution in [0, 0.1) is 0 Å². The van der Waals surface area contributed by atoms with Crippen LogP contribution in [0.2, 0.25) is 0 Å². The number of carbonyl (C=O) groups excluding carboxylic acids is 2. The van der Waals surface area contributed by atoms with Gasteiger partial charge in [-0.2, -0.15) is 0 Å². The summed E-state index contributed by atoms with van der Waals surface area (Å²) in [6.45, 7) is 1.01. The van der Waals surface area contributed by atoms with E-state index >= 15 is 0 Å². The lowest BCUT2D eigenvalue weighted by Gasteiger charge is -2.10. The Kier molecular flexibility index (Phi) is 7.83. The number of thiophene rings is 1. The number of benzene rings is 1. The summed E-state index contributed by atoms with van der Waals surface area (Å²) >= 11 is 2.87. The van der Waals surface area contributed by atoms with Crippen molar-refractivity contribution < 1.29 is 9.59 Å². The van der Waals surface area contributed by atoms with Crippen molar-refractivity contribution in [2.24, 2.45) is 0 Å². The molecule has 0 aliphatic heterocycles. The molecule has 1 aromatic carbocycles. The number of nitrogens with one attached hydrogen (secondary N) is 2. The van der Waals surface area contributed by atoms with Crippen LogP contribution in [-0.4, -0.2) is 44.0 Å². The molecule has 33 heavy (non-hydrogen) atoms. The van der Waals surface area contributed by atoms with E-state index in [-0.39, 0.29) is 5.75 Å². The van der Waals surface area contributed by atoms with Crippen LogP contribution in [0.3, 0.4) is 0 Å². The summed E-state index contributed by atoms with van der Waals surface area (Å²) in [5, 5.41) is 16.3. The average molecular weight is 479 g/mol. The summed E-state index contributed by atoms with van der Waals surface area (Å²) in [6, 6.07) is 17.2. The van der Waals surface area contributed by atoms with Gasteiger partial charge >= 0.3 is 6.03 Å². The lowest BCUT2D eigenvalue weighted by atomic mass is 10.2. The van der Waals surface area contributed by atoms with Gasteiger partial charge in [0.25, 0.3) is 0 Å². The summed E-state index contributed by atoms with van der Waals surface area (Å²) < 4.78 is 1.95. The molecule has 8 nitrogen and oxygen atoms in total. The van der Waals surface area contributed by atoms with E-state index in [2.05, 4.69) is 25.8 Å². The molecule has 0 unspecified atom stereocenters. The third kappa shape index (κ3) is 6.50. The molecule has 4 aromatic rings. The van der Waals surface area contributed by atoms with Gasteiger partial charge in [-0.25, -0.2) is 4.79 Å². The van der Waals surface area contributed by atoms with Crippen LogP contribution in [0.25, 0.3) is 11.4 Å². The number of aromatic nitrogens is 4. The van der Waals surface area contributed by atoms with Crippen LogP contribution in [0.5, 0.6) is 0 Å². The molecule has 0 aliphatic rings. The molecule has 0 aliphatic carbocycles. The average Bonchev–Trinajstić information content (AvgIpc) is 3.49. The number of hydrogen-bond acceptors (Lipinski definition) is 7. The maximum atomic E-state index is 12.3. The highest BCUT2D eigenvalue weighted by molar-refractivity contribution is 7.99. The maximum absolute atomic E-state index is 12.3. The minimum absolute atomic E-state index is 0.0400. The Hall–Kier alpha value is -3.50. The summed E-state index contributed by atoms with van der Waals surface area (Å²) in [6.07, 6.45) is 4.16. The molecular weight excluding hydrogens is 456 g/mol. The molecule has 168 valence electrons. The van der Waals surface area contributed by atoms with E-state index < -0.39 is 11.9 Å². The van der Waals surface area contributed by atoms with Crippen LogP contribution >= 0.6 is 23.1 Å². The first-order valence-electron chi connectivity index (χ1n) is 10.3. The number of hydrogen-bond donors (Lipinski definition) is 2. The maximum Gasteiger partial charge on any atom is 0.321 e. The number of imide groups is 1. The quantitative estimate of drug-likeness (QED) is 0.356. The van der Waals surface area contributed by atoms with Crippen molar-refractivity contribution in [3.8, 4) is 11.4 Å². The lowest BCUT2D eigenvalue weighted by molar-refractivity contribution is -0.117. The Morgan fingerprint density at radius 3 is 2.67 bits per heavy atom. The van der Waals surface area contributed by atoms with Gasteiger partial charge in [0.1, 0.15) is 0 Å². The van der Waals surface area contributed by atoms with Crippen LogP contribution in [0.15, 0.2) is 77.5 Å². The van der Waals surface area contributed by atoms with E-state index in [1.54, 1.807) is 23.7 Å². The second kappa shape index (κ2) is 11.4. The zero-order chi connectivity index (χ0) is 22.9. The van der Waals surface area contributed by atoms with E-state index in [1.807, 2.05) is 64.5 Å². The Balaban J connectivity index is 1.37. The van der Waals surface area contributed by atoms with Crippen molar-refractivity contribution in [3.05, 3.63) is 82.8 Å². The Bertz CT molecular complexity index is 1180. The summed E-state index contributed by atoms with van der Waals surface area (Å²) in [5.41, 5.74) is 1.92. The first-order chi connectivity index (χ1) is 16.2. The van der Waals surface area contributed by atoms with Gasteiger partial charge < -0.3 is 5.32 Å². The number of rotatable bonds is 9. The van der Waals surface area contributed by atoms with E-state index in [1.165, 1.54) is 16.6 Å². The molecule has 0 atom stereocenters. The highest BCUT2D eigenvalue weighted by Crippen LogP contribution is 2.24. The lowest BCUT2D eigenvalue weighted by Crippen LogP contribution is -2.41. The van der Waals surface area contributed by atoms with Crippen molar-refractivity contribution in [2.75, 3.05) is 12.3 Å². The van der Waals surface area contributed by atoms with Crippen molar-refractivity contribution >= 4 is 35.0 Å². The molecule has 0 fully saturated rings. The molecule has 2 N–H and O–H groups in total. The highest BCUT2D eigenvalue weighted by Gasteiger charge is 2.17. The molecule has 3 amide bonds. The Morgan fingerprint density at radius 1 is 1.03 bits per heavy atom. The second-order valence-corrected chi connectivity index (χ2v) is 9.02. The number of nitrogens with zero attached hydrogens (tertiary/aromatic N) is 4. The predicted octanol–water partition coefficient (Wildman–Crippen LogP) is 3.61. The van der Waals surface area contributed by atoms with Crippen molar-refractivity contribution in [1.29, 1.82) is 0 Å². The smallest absolute Gasteiger partial charge is 0.321 e. The molecule has 3 aromatic heterocycles. The van der Waals surface area contributed by atoms with Gasteiger partial charge in [-0.15, -0.1) is 21.5 Å². The first-order valence-corrected chi connectivity index (χ1v) is 12.2. The third-order valence-corrected chi connectivity index (χ3v) is 6.55. The molecule has 0 saturated carbocycles. The minimum Gasteiger partial charge on any atom is -0.337 e. The fraction of sp³-hybridized carbons (Fsp3) is 0.174.